The number of esters is 1. The Morgan fingerprint density at radius 3 is 2.53 bits per heavy atom. The summed E-state index contributed by atoms with van der Waals surface area (Å²) in [6.45, 7) is 3.93. The first-order valence-electron chi connectivity index (χ1n) is 10.3. The van der Waals surface area contributed by atoms with E-state index in [0.717, 1.165) is 0 Å². The number of hydrogen-bond donors (Lipinski definition) is 1. The van der Waals surface area contributed by atoms with Gasteiger partial charge >= 0.3 is 12.1 Å². The SMILES string of the molecule is COCc1cc(-c2cc3oc(-c4ccc(F)cc4)c(C(=O)OC(N)=O)c3cc2OC(C)C)on1. The first-order valence-corrected chi connectivity index (χ1v) is 10.3. The number of benzene rings is 2. The molecule has 0 saturated heterocycles. The van der Waals surface area contributed by atoms with Crippen LogP contribution in [0.5, 0.6) is 5.75 Å². The summed E-state index contributed by atoms with van der Waals surface area (Å²) in [4.78, 5) is 24.1. The third-order valence-corrected chi connectivity index (χ3v) is 4.77. The molecule has 0 bridgehead atoms. The fraction of sp³-hybridized carbons (Fsp3) is 0.208. The summed E-state index contributed by atoms with van der Waals surface area (Å²) < 4.78 is 40.6. The van der Waals surface area contributed by atoms with Crippen LogP contribution in [0.2, 0.25) is 0 Å². The average molecular weight is 468 g/mol. The summed E-state index contributed by atoms with van der Waals surface area (Å²) in [6, 6.07) is 10.2. The predicted molar refractivity (Wildman–Crippen MR) is 119 cm³/mol. The predicted octanol–water partition coefficient (Wildman–Crippen LogP) is 5.06. The van der Waals surface area contributed by atoms with Crippen LogP contribution in [-0.2, 0) is 16.1 Å². The lowest BCUT2D eigenvalue weighted by atomic mass is 10.0. The topological polar surface area (TPSA) is 127 Å². The third-order valence-electron chi connectivity index (χ3n) is 4.77. The van der Waals surface area contributed by atoms with Gasteiger partial charge in [0.25, 0.3) is 0 Å². The third kappa shape index (κ3) is 4.62. The van der Waals surface area contributed by atoms with Gasteiger partial charge in [0.05, 0.1) is 18.3 Å². The molecule has 9 nitrogen and oxygen atoms in total. The number of primary amides is 1. The van der Waals surface area contributed by atoms with Gasteiger partial charge < -0.3 is 28.9 Å². The average Bonchev–Trinajstić information content (AvgIpc) is 3.37. The van der Waals surface area contributed by atoms with Gasteiger partial charge in [0, 0.05) is 24.1 Å². The Hall–Kier alpha value is -4.18. The second-order valence-corrected chi connectivity index (χ2v) is 7.65. The number of nitrogens with two attached hydrogens (primary N) is 1. The summed E-state index contributed by atoms with van der Waals surface area (Å²) in [5, 5.41) is 4.28. The maximum atomic E-state index is 13.5. The minimum atomic E-state index is -1.27. The second-order valence-electron chi connectivity index (χ2n) is 7.65. The highest BCUT2D eigenvalue weighted by atomic mass is 19.1. The van der Waals surface area contributed by atoms with E-state index in [2.05, 4.69) is 9.89 Å². The van der Waals surface area contributed by atoms with Crippen molar-refractivity contribution in [2.75, 3.05) is 7.11 Å². The molecule has 2 N–H and O–H groups in total. The van der Waals surface area contributed by atoms with Crippen LogP contribution in [0.25, 0.3) is 33.6 Å². The van der Waals surface area contributed by atoms with Crippen molar-refractivity contribution in [1.29, 1.82) is 0 Å². The molecule has 2 heterocycles. The van der Waals surface area contributed by atoms with E-state index in [4.69, 9.17) is 24.1 Å². The Labute approximate surface area is 193 Å². The minimum absolute atomic E-state index is 0.0572. The largest absolute Gasteiger partial charge is 0.490 e. The first-order chi connectivity index (χ1) is 16.3. The summed E-state index contributed by atoms with van der Waals surface area (Å²) >= 11 is 0. The van der Waals surface area contributed by atoms with E-state index in [-0.39, 0.29) is 29.6 Å². The van der Waals surface area contributed by atoms with Gasteiger partial charge in [-0.05, 0) is 50.2 Å². The fourth-order valence-corrected chi connectivity index (χ4v) is 3.47. The molecular formula is C24H21FN2O7. The lowest BCUT2D eigenvalue weighted by Crippen LogP contribution is -2.18. The Kier molecular flexibility index (Phi) is 6.33. The number of furan rings is 1. The van der Waals surface area contributed by atoms with Crippen LogP contribution < -0.4 is 10.5 Å². The smallest absolute Gasteiger partial charge is 0.412 e. The molecule has 176 valence electrons. The number of hydrogen-bond acceptors (Lipinski definition) is 8. The van der Waals surface area contributed by atoms with Gasteiger partial charge in [0.2, 0.25) is 0 Å². The van der Waals surface area contributed by atoms with E-state index in [1.54, 1.807) is 25.3 Å². The van der Waals surface area contributed by atoms with E-state index in [1.165, 1.54) is 24.3 Å². The van der Waals surface area contributed by atoms with Crippen LogP contribution in [0.3, 0.4) is 0 Å². The van der Waals surface area contributed by atoms with Crippen molar-refractivity contribution in [3.8, 4) is 28.4 Å². The second kappa shape index (κ2) is 9.36. The number of fused-ring (bicyclic) bond motifs is 1. The fourth-order valence-electron chi connectivity index (χ4n) is 3.47. The maximum absolute atomic E-state index is 13.5. The molecule has 0 saturated carbocycles. The highest BCUT2D eigenvalue weighted by Crippen LogP contribution is 2.41. The molecular weight excluding hydrogens is 447 g/mol. The molecule has 2 aromatic carbocycles. The van der Waals surface area contributed by atoms with Gasteiger partial charge in [-0.15, -0.1) is 0 Å². The molecule has 0 aliphatic rings. The first kappa shape index (κ1) is 23.0. The van der Waals surface area contributed by atoms with E-state index >= 15 is 0 Å². The normalized spacial score (nSPS) is 11.2. The Morgan fingerprint density at radius 1 is 1.15 bits per heavy atom. The van der Waals surface area contributed by atoms with Crippen molar-refractivity contribution >= 4 is 23.0 Å². The van der Waals surface area contributed by atoms with Crippen LogP contribution in [0.15, 0.2) is 51.4 Å². The molecule has 0 atom stereocenters. The van der Waals surface area contributed by atoms with Gasteiger partial charge in [-0.25, -0.2) is 14.0 Å². The standard InChI is InChI=1S/C24H21FN2O7/c1-12(2)31-18-10-17-19(9-16(18)20-8-15(11-30-3)27-34-20)32-22(13-4-6-14(25)7-5-13)21(17)23(28)33-24(26)29/h4-10,12H,11H2,1-3H3,(H2,26,29). The maximum Gasteiger partial charge on any atom is 0.412 e. The lowest BCUT2D eigenvalue weighted by molar-refractivity contribution is 0.0640. The number of carbonyl (C=O) groups excluding carboxylic acids is 2. The number of rotatable bonds is 7. The van der Waals surface area contributed by atoms with Gasteiger partial charge in [0.15, 0.2) is 5.76 Å². The Morgan fingerprint density at radius 2 is 1.88 bits per heavy atom. The lowest BCUT2D eigenvalue weighted by Gasteiger charge is -2.13. The van der Waals surface area contributed by atoms with E-state index < -0.39 is 17.9 Å². The Balaban J connectivity index is 1.96. The van der Waals surface area contributed by atoms with Gasteiger partial charge in [-0.1, -0.05) is 5.16 Å². The van der Waals surface area contributed by atoms with Crippen molar-refractivity contribution in [3.05, 3.63) is 59.5 Å². The highest BCUT2D eigenvalue weighted by molar-refractivity contribution is 6.12. The molecule has 0 spiro atoms. The van der Waals surface area contributed by atoms with E-state index in [0.29, 0.717) is 33.7 Å². The summed E-state index contributed by atoms with van der Waals surface area (Å²) in [5.74, 6) is -0.636. The number of halogens is 1. The number of carbonyl (C=O) groups is 2. The Bertz CT molecular complexity index is 1360. The summed E-state index contributed by atoms with van der Waals surface area (Å²) in [6.07, 6.45) is -1.49. The molecule has 2 aromatic heterocycles. The van der Waals surface area contributed by atoms with Crippen LogP contribution >= 0.6 is 0 Å². The molecule has 0 aliphatic carbocycles. The zero-order chi connectivity index (χ0) is 24.4. The molecule has 0 fully saturated rings. The van der Waals surface area contributed by atoms with Gasteiger partial charge in [-0.2, -0.15) is 0 Å². The molecule has 4 aromatic rings. The highest BCUT2D eigenvalue weighted by Gasteiger charge is 2.27. The summed E-state index contributed by atoms with van der Waals surface area (Å²) in [5.41, 5.74) is 6.76. The van der Waals surface area contributed by atoms with Crippen LogP contribution in [-0.4, -0.2) is 30.4 Å². The van der Waals surface area contributed by atoms with E-state index in [1.807, 2.05) is 13.8 Å². The molecule has 0 aliphatic heterocycles. The zero-order valence-corrected chi connectivity index (χ0v) is 18.6. The monoisotopic (exact) mass is 468 g/mol. The van der Waals surface area contributed by atoms with Crippen molar-refractivity contribution in [2.45, 2.75) is 26.6 Å². The molecule has 0 unspecified atom stereocenters. The van der Waals surface area contributed by atoms with Crippen LogP contribution in [0.4, 0.5) is 9.18 Å². The van der Waals surface area contributed by atoms with Gasteiger partial charge in [0.1, 0.15) is 34.2 Å². The van der Waals surface area contributed by atoms with Crippen molar-refractivity contribution in [1.82, 2.24) is 5.16 Å². The van der Waals surface area contributed by atoms with E-state index in [9.17, 15) is 14.0 Å². The van der Waals surface area contributed by atoms with Crippen LogP contribution in [0, 0.1) is 5.82 Å². The molecule has 10 heteroatoms. The quantitative estimate of drug-likeness (QED) is 0.294. The zero-order valence-electron chi connectivity index (χ0n) is 18.6. The van der Waals surface area contributed by atoms with Crippen molar-refractivity contribution in [2.24, 2.45) is 5.73 Å². The molecule has 1 amide bonds. The van der Waals surface area contributed by atoms with Gasteiger partial charge in [-0.3, -0.25) is 0 Å². The summed E-state index contributed by atoms with van der Waals surface area (Å²) in [7, 11) is 1.54. The number of nitrogens with zero attached hydrogens (tertiary/aromatic N) is 1. The van der Waals surface area contributed by atoms with Crippen molar-refractivity contribution in [3.63, 3.8) is 0 Å². The van der Waals surface area contributed by atoms with Crippen molar-refractivity contribution < 1.29 is 37.1 Å². The molecule has 4 rings (SSSR count). The minimum Gasteiger partial charge on any atom is -0.490 e. The molecule has 34 heavy (non-hydrogen) atoms. The molecule has 0 radical (unpaired) electrons. The number of aromatic nitrogens is 1. The van der Waals surface area contributed by atoms with Crippen LogP contribution in [0.1, 0.15) is 29.9 Å². The number of amides is 1. The number of ether oxygens (including phenoxy) is 3. The number of methoxy groups -OCH3 is 1.